The number of amides is 1. The Morgan fingerprint density at radius 2 is 2.05 bits per heavy atom. The number of rotatable bonds is 11. The zero-order valence-electron chi connectivity index (χ0n) is 24.3. The standard InChI is InChI=1S/C27H36N10O4S2/c1-26(2,24(40)41)14-30-19(17-12-43-25(29)31-17)18(38)9-16-22(39)36-20(21-32-34-35-33-21)15(11-42-23(16)36)10-37-7-3-5-27(37,13-28)6-4-8-37/h12,16,23H,3-11,13-14,28H2,1-2H3,(H3-,29,31,32,33,34,35,40,41)/p+1/t16-,23-,27?,37?/m1/s1. The van der Waals surface area contributed by atoms with Crippen LogP contribution < -0.4 is 11.5 Å². The van der Waals surface area contributed by atoms with Crippen LogP contribution in [0.3, 0.4) is 0 Å². The number of carboxylic acid groups (broad SMARTS) is 1. The topological polar surface area (TPSA) is 206 Å². The Morgan fingerprint density at radius 3 is 2.65 bits per heavy atom. The summed E-state index contributed by atoms with van der Waals surface area (Å²) in [7, 11) is 0. The normalized spacial score (nSPS) is 29.0. The summed E-state index contributed by atoms with van der Waals surface area (Å²) < 4.78 is 0.943. The number of aliphatic carboxylic acids is 1. The van der Waals surface area contributed by atoms with Crippen molar-refractivity contribution in [1.29, 1.82) is 0 Å². The van der Waals surface area contributed by atoms with E-state index in [0.717, 1.165) is 55.4 Å². The summed E-state index contributed by atoms with van der Waals surface area (Å²) in [5, 5.41) is 26.0. The number of carboxylic acids is 1. The molecule has 3 saturated heterocycles. The van der Waals surface area contributed by atoms with Crippen LogP contribution in [0.4, 0.5) is 5.13 Å². The van der Waals surface area contributed by atoms with Crippen LogP contribution in [0.25, 0.3) is 5.70 Å². The van der Waals surface area contributed by atoms with E-state index in [-0.39, 0.29) is 52.1 Å². The van der Waals surface area contributed by atoms with Crippen LogP contribution in [0, 0.1) is 11.3 Å². The smallest absolute Gasteiger partial charge is 0.310 e. The van der Waals surface area contributed by atoms with Gasteiger partial charge in [0.05, 0.1) is 42.0 Å². The average molecular weight is 630 g/mol. The Morgan fingerprint density at radius 1 is 1.30 bits per heavy atom. The summed E-state index contributed by atoms with van der Waals surface area (Å²) in [6, 6.07) is 0. The van der Waals surface area contributed by atoms with Crippen molar-refractivity contribution in [2.24, 2.45) is 22.1 Å². The van der Waals surface area contributed by atoms with E-state index in [2.05, 4.69) is 30.6 Å². The van der Waals surface area contributed by atoms with Crippen LogP contribution in [-0.4, -0.2) is 113 Å². The second kappa shape index (κ2) is 11.1. The summed E-state index contributed by atoms with van der Waals surface area (Å²) in [6.07, 6.45) is 4.44. The molecule has 4 aliphatic rings. The summed E-state index contributed by atoms with van der Waals surface area (Å²) in [4.78, 5) is 49.5. The molecule has 1 amide bonds. The molecule has 0 radical (unpaired) electrons. The minimum Gasteiger partial charge on any atom is -0.481 e. The fraction of sp³-hybridized carbons (Fsp3) is 0.630. The Bertz CT molecular complexity index is 1490. The lowest BCUT2D eigenvalue weighted by Crippen LogP contribution is -2.63. The Kier molecular flexibility index (Phi) is 7.67. The number of hydrogen-bond donors (Lipinski definition) is 4. The molecule has 14 nitrogen and oxygen atoms in total. The van der Waals surface area contributed by atoms with Gasteiger partial charge in [-0.25, -0.2) is 4.98 Å². The maximum absolute atomic E-state index is 13.8. The van der Waals surface area contributed by atoms with Crippen LogP contribution in [0.2, 0.25) is 0 Å². The zero-order chi connectivity index (χ0) is 30.6. The first-order chi connectivity index (χ1) is 20.5. The molecule has 4 aliphatic heterocycles. The lowest BCUT2D eigenvalue weighted by atomic mass is 9.88. The molecule has 2 aromatic rings. The second-order valence-electron chi connectivity index (χ2n) is 12.6. The van der Waals surface area contributed by atoms with Gasteiger partial charge in [-0.2, -0.15) is 5.21 Å². The van der Waals surface area contributed by atoms with Gasteiger partial charge in [-0.05, 0) is 19.1 Å². The van der Waals surface area contributed by atoms with Gasteiger partial charge in [-0.15, -0.1) is 33.3 Å². The highest BCUT2D eigenvalue weighted by molar-refractivity contribution is 8.00. The van der Waals surface area contributed by atoms with Gasteiger partial charge in [-0.1, -0.05) is 0 Å². The number of thiazole rings is 1. The van der Waals surface area contributed by atoms with Gasteiger partial charge in [-0.3, -0.25) is 24.3 Å². The van der Waals surface area contributed by atoms with E-state index >= 15 is 0 Å². The number of nitrogens with zero attached hydrogens (tertiary/aromatic N) is 7. The molecule has 2 atom stereocenters. The van der Waals surface area contributed by atoms with Crippen LogP contribution in [0.15, 0.2) is 15.9 Å². The third-order valence-electron chi connectivity index (χ3n) is 9.70. The largest absolute Gasteiger partial charge is 0.481 e. The van der Waals surface area contributed by atoms with Gasteiger partial charge < -0.3 is 21.1 Å². The molecule has 3 fully saturated rings. The number of nitrogens with one attached hydrogen (secondary N) is 1. The highest BCUT2D eigenvalue weighted by Crippen LogP contribution is 2.51. The number of thioether (sulfide) groups is 1. The van der Waals surface area contributed by atoms with E-state index in [1.54, 1.807) is 35.9 Å². The van der Waals surface area contributed by atoms with Gasteiger partial charge in [0.15, 0.2) is 10.9 Å². The number of carbonyl (C=O) groups is 3. The molecule has 0 unspecified atom stereocenters. The van der Waals surface area contributed by atoms with Crippen LogP contribution in [-0.2, 0) is 14.4 Å². The van der Waals surface area contributed by atoms with Crippen LogP contribution in [0.1, 0.15) is 57.5 Å². The monoisotopic (exact) mass is 629 g/mol. The third kappa shape index (κ3) is 4.97. The third-order valence-corrected chi connectivity index (χ3v) is 11.8. The molecule has 230 valence electrons. The molecule has 16 heteroatoms. The number of aliphatic imine (C=N–C) groups is 1. The van der Waals surface area contributed by atoms with Crippen molar-refractivity contribution in [3.8, 4) is 0 Å². The number of aromatic nitrogens is 5. The minimum atomic E-state index is -1.19. The number of nitrogens with two attached hydrogens (primary N) is 2. The minimum absolute atomic E-state index is 0.0425. The molecular weight excluding hydrogens is 592 g/mol. The molecule has 0 bridgehead atoms. The van der Waals surface area contributed by atoms with Crippen molar-refractivity contribution >= 4 is 57.3 Å². The van der Waals surface area contributed by atoms with Gasteiger partial charge in [0.1, 0.15) is 23.5 Å². The number of Topliss-reactive ketones (excluding diaryl/α,β-unsaturated/α-hetero) is 1. The number of carbonyl (C=O) groups excluding carboxylic acids is 2. The lowest BCUT2D eigenvalue weighted by molar-refractivity contribution is -0.945. The number of tetrazole rings is 1. The predicted octanol–water partition coefficient (Wildman–Crippen LogP) is 1.14. The lowest BCUT2D eigenvalue weighted by Gasteiger charge is -2.51. The second-order valence-corrected chi connectivity index (χ2v) is 14.6. The predicted molar refractivity (Wildman–Crippen MR) is 162 cm³/mol. The maximum atomic E-state index is 13.8. The molecule has 0 aromatic carbocycles. The molecule has 43 heavy (non-hydrogen) atoms. The van der Waals surface area contributed by atoms with E-state index in [9.17, 15) is 19.5 Å². The number of H-pyrrole nitrogens is 1. The number of β-lactam (4-membered cyclic amide) rings is 1. The number of anilines is 1. The van der Waals surface area contributed by atoms with Gasteiger partial charge >= 0.3 is 5.97 Å². The number of aromatic amines is 1. The van der Waals surface area contributed by atoms with E-state index < -0.39 is 17.3 Å². The van der Waals surface area contributed by atoms with Crippen LogP contribution >= 0.6 is 23.1 Å². The van der Waals surface area contributed by atoms with E-state index in [4.69, 9.17) is 11.5 Å². The molecule has 0 spiro atoms. The zero-order valence-corrected chi connectivity index (χ0v) is 25.9. The first kappa shape index (κ1) is 29.8. The summed E-state index contributed by atoms with van der Waals surface area (Å²) >= 11 is 2.81. The number of ketones is 1. The van der Waals surface area contributed by atoms with Crippen molar-refractivity contribution in [2.45, 2.75) is 56.9 Å². The van der Waals surface area contributed by atoms with Crippen molar-refractivity contribution in [3.05, 3.63) is 22.5 Å². The highest BCUT2D eigenvalue weighted by Gasteiger charge is 2.59. The SMILES string of the molecule is CC(C)(CN=C(C(=O)C[C@@H]1C(=O)N2C(c3nn[nH]n3)=C(C[N+]34CCCC3(CN)CCC4)CS[C@H]12)c1csc(N)n1)C(=O)O. The van der Waals surface area contributed by atoms with E-state index in [1.165, 1.54) is 11.3 Å². The molecule has 0 aliphatic carbocycles. The summed E-state index contributed by atoms with van der Waals surface area (Å²) in [5.41, 5.74) is 13.2. The fourth-order valence-corrected chi connectivity index (χ4v) is 9.21. The highest BCUT2D eigenvalue weighted by atomic mass is 32.2. The quantitative estimate of drug-likeness (QED) is 0.157. The molecule has 6 heterocycles. The van der Waals surface area contributed by atoms with Crippen molar-refractivity contribution in [3.63, 3.8) is 0 Å². The fourth-order valence-electron chi connectivity index (χ4n) is 7.26. The van der Waals surface area contributed by atoms with Gasteiger partial charge in [0.25, 0.3) is 0 Å². The summed E-state index contributed by atoms with van der Waals surface area (Å²) in [6.45, 7) is 6.54. The first-order valence-electron chi connectivity index (χ1n) is 14.5. The Hall–Kier alpha value is -3.21. The van der Waals surface area contributed by atoms with Crippen molar-refractivity contribution in [2.75, 3.05) is 44.2 Å². The van der Waals surface area contributed by atoms with E-state index in [0.29, 0.717) is 23.8 Å². The molecule has 6 N–H and O–H groups in total. The Labute approximate surface area is 257 Å². The maximum Gasteiger partial charge on any atom is 0.310 e. The summed E-state index contributed by atoms with van der Waals surface area (Å²) in [5.74, 6) is -1.11. The first-order valence-corrected chi connectivity index (χ1v) is 16.4. The van der Waals surface area contributed by atoms with Crippen molar-refractivity contribution in [1.82, 2.24) is 30.5 Å². The van der Waals surface area contributed by atoms with Crippen molar-refractivity contribution < 1.29 is 24.0 Å². The van der Waals surface area contributed by atoms with E-state index in [1.807, 2.05) is 0 Å². The molecule has 0 saturated carbocycles. The number of hydrogen-bond acceptors (Lipinski definition) is 12. The Balaban J connectivity index is 1.26. The van der Waals surface area contributed by atoms with Gasteiger partial charge in [0.2, 0.25) is 11.7 Å². The number of nitrogen functional groups attached to an aromatic ring is 1. The van der Waals surface area contributed by atoms with Gasteiger partial charge in [0, 0.05) is 55.4 Å². The average Bonchev–Trinajstić information content (AvgIpc) is 3.76. The molecular formula is C27H37N10O4S2+. The molecule has 2 aromatic heterocycles. The molecule has 6 rings (SSSR count). The number of quaternary nitrogens is 1. The number of fused-ring (bicyclic) bond motifs is 2. The van der Waals surface area contributed by atoms with Crippen LogP contribution in [0.5, 0.6) is 0 Å².